The number of nitrogens with one attached hydrogen (secondary N) is 1. The first-order valence-corrected chi connectivity index (χ1v) is 8.16. The molecule has 0 aromatic heterocycles. The van der Waals surface area contributed by atoms with E-state index in [-0.39, 0.29) is 12.1 Å². The predicted octanol–water partition coefficient (Wildman–Crippen LogP) is 2.28. The van der Waals surface area contributed by atoms with Crippen LogP contribution in [-0.4, -0.2) is 50.1 Å². The second-order valence-electron chi connectivity index (χ2n) is 5.97. The van der Waals surface area contributed by atoms with E-state index in [1.165, 1.54) is 0 Å². The second-order valence-corrected chi connectivity index (χ2v) is 5.97. The standard InChI is InChI=1S/C16H31NO4/c1-5-9-19-10-11-21-13(3)12-16(4,15(18)20-6-2)17-14-7-8-14/h13-14,17H,5-12H2,1-4H3. The maximum atomic E-state index is 12.2. The molecule has 1 rings (SSSR count). The lowest BCUT2D eigenvalue weighted by molar-refractivity contribution is -0.152. The van der Waals surface area contributed by atoms with Crippen molar-refractivity contribution in [3.8, 4) is 0 Å². The summed E-state index contributed by atoms with van der Waals surface area (Å²) in [6.45, 7) is 10.1. The predicted molar refractivity (Wildman–Crippen MR) is 82.3 cm³/mol. The Balaban J connectivity index is 2.37. The molecule has 21 heavy (non-hydrogen) atoms. The molecule has 0 radical (unpaired) electrons. The number of rotatable bonds is 12. The molecule has 0 saturated heterocycles. The maximum Gasteiger partial charge on any atom is 0.326 e. The molecule has 1 aliphatic rings. The van der Waals surface area contributed by atoms with Crippen LogP contribution in [0.15, 0.2) is 0 Å². The van der Waals surface area contributed by atoms with Crippen LogP contribution in [-0.2, 0) is 19.0 Å². The highest BCUT2D eigenvalue weighted by atomic mass is 16.5. The minimum absolute atomic E-state index is 0.0177. The summed E-state index contributed by atoms with van der Waals surface area (Å²) in [5.41, 5.74) is -0.666. The molecule has 1 N–H and O–H groups in total. The third-order valence-corrected chi connectivity index (χ3v) is 3.50. The van der Waals surface area contributed by atoms with Gasteiger partial charge in [0.15, 0.2) is 0 Å². The van der Waals surface area contributed by atoms with Gasteiger partial charge < -0.3 is 14.2 Å². The molecule has 2 atom stereocenters. The Morgan fingerprint density at radius 3 is 2.57 bits per heavy atom. The molecule has 2 unspecified atom stereocenters. The molecule has 5 heteroatoms. The lowest BCUT2D eigenvalue weighted by Gasteiger charge is -2.31. The van der Waals surface area contributed by atoms with Crippen LogP contribution in [0, 0.1) is 0 Å². The van der Waals surface area contributed by atoms with Crippen molar-refractivity contribution in [2.75, 3.05) is 26.4 Å². The summed E-state index contributed by atoms with van der Waals surface area (Å²) in [5.74, 6) is -0.186. The number of esters is 1. The molecule has 1 saturated carbocycles. The Kier molecular flexibility index (Phi) is 8.22. The van der Waals surface area contributed by atoms with Crippen LogP contribution < -0.4 is 5.32 Å². The van der Waals surface area contributed by atoms with E-state index in [0.717, 1.165) is 25.9 Å². The minimum atomic E-state index is -0.666. The van der Waals surface area contributed by atoms with Gasteiger partial charge in [0.05, 0.1) is 25.9 Å². The SMILES string of the molecule is CCCOCCOC(C)CC(C)(NC1CC1)C(=O)OCC. The molecule has 0 amide bonds. The van der Waals surface area contributed by atoms with Crippen molar-refractivity contribution in [1.82, 2.24) is 5.32 Å². The van der Waals surface area contributed by atoms with Gasteiger partial charge in [-0.05, 0) is 40.0 Å². The van der Waals surface area contributed by atoms with E-state index in [2.05, 4.69) is 12.2 Å². The fraction of sp³-hybridized carbons (Fsp3) is 0.938. The first kappa shape index (κ1) is 18.4. The van der Waals surface area contributed by atoms with E-state index in [4.69, 9.17) is 14.2 Å². The molecular formula is C16H31NO4. The molecule has 0 aliphatic heterocycles. The summed E-state index contributed by atoms with van der Waals surface area (Å²) in [6.07, 6.45) is 3.87. The molecular weight excluding hydrogens is 270 g/mol. The van der Waals surface area contributed by atoms with E-state index >= 15 is 0 Å². The van der Waals surface area contributed by atoms with Gasteiger partial charge >= 0.3 is 5.97 Å². The maximum absolute atomic E-state index is 12.2. The van der Waals surface area contributed by atoms with E-state index in [1.807, 2.05) is 20.8 Å². The van der Waals surface area contributed by atoms with E-state index in [9.17, 15) is 4.79 Å². The molecule has 0 aromatic rings. The van der Waals surface area contributed by atoms with E-state index < -0.39 is 5.54 Å². The van der Waals surface area contributed by atoms with Crippen molar-refractivity contribution < 1.29 is 19.0 Å². The molecule has 0 aromatic carbocycles. The fourth-order valence-corrected chi connectivity index (χ4v) is 2.36. The third kappa shape index (κ3) is 7.25. The molecule has 1 aliphatic carbocycles. The van der Waals surface area contributed by atoms with Gasteiger partial charge in [-0.15, -0.1) is 0 Å². The molecule has 0 heterocycles. The van der Waals surface area contributed by atoms with Gasteiger partial charge in [0, 0.05) is 19.1 Å². The van der Waals surface area contributed by atoms with Gasteiger partial charge in [-0.2, -0.15) is 0 Å². The Labute approximate surface area is 128 Å². The molecule has 0 spiro atoms. The zero-order valence-electron chi connectivity index (χ0n) is 13.9. The summed E-state index contributed by atoms with van der Waals surface area (Å²) in [6, 6.07) is 0.444. The zero-order chi connectivity index (χ0) is 15.7. The number of ether oxygens (including phenoxy) is 3. The van der Waals surface area contributed by atoms with E-state index in [1.54, 1.807) is 0 Å². The zero-order valence-corrected chi connectivity index (χ0v) is 13.9. The summed E-state index contributed by atoms with van der Waals surface area (Å²) in [5, 5.41) is 3.41. The van der Waals surface area contributed by atoms with Gasteiger partial charge in [-0.1, -0.05) is 6.92 Å². The van der Waals surface area contributed by atoms with Crippen LogP contribution in [0.1, 0.15) is 53.4 Å². The molecule has 0 bridgehead atoms. The molecule has 124 valence electrons. The van der Waals surface area contributed by atoms with Crippen LogP contribution in [0.25, 0.3) is 0 Å². The largest absolute Gasteiger partial charge is 0.465 e. The third-order valence-electron chi connectivity index (χ3n) is 3.50. The highest BCUT2D eigenvalue weighted by Gasteiger charge is 2.40. The summed E-state index contributed by atoms with van der Waals surface area (Å²) >= 11 is 0. The molecule has 1 fully saturated rings. The van der Waals surface area contributed by atoms with Gasteiger partial charge in [0.2, 0.25) is 0 Å². The summed E-state index contributed by atoms with van der Waals surface area (Å²) in [4.78, 5) is 12.2. The van der Waals surface area contributed by atoms with E-state index in [0.29, 0.717) is 32.3 Å². The van der Waals surface area contributed by atoms with Crippen LogP contribution >= 0.6 is 0 Å². The van der Waals surface area contributed by atoms with Crippen LogP contribution in [0.5, 0.6) is 0 Å². The first-order valence-electron chi connectivity index (χ1n) is 8.16. The van der Waals surface area contributed by atoms with Crippen LogP contribution in [0.2, 0.25) is 0 Å². The number of hydrogen-bond acceptors (Lipinski definition) is 5. The topological polar surface area (TPSA) is 56.8 Å². The van der Waals surface area contributed by atoms with Gasteiger partial charge in [0.1, 0.15) is 5.54 Å². The lowest BCUT2D eigenvalue weighted by Crippen LogP contribution is -2.53. The van der Waals surface area contributed by atoms with Crippen molar-refractivity contribution >= 4 is 5.97 Å². The van der Waals surface area contributed by atoms with Crippen molar-refractivity contribution in [3.63, 3.8) is 0 Å². The van der Waals surface area contributed by atoms with Crippen molar-refractivity contribution in [1.29, 1.82) is 0 Å². The first-order chi connectivity index (χ1) is 10.0. The molecule has 5 nitrogen and oxygen atoms in total. The number of carbonyl (C=O) groups is 1. The van der Waals surface area contributed by atoms with Crippen molar-refractivity contribution in [2.24, 2.45) is 0 Å². The fourth-order valence-electron chi connectivity index (χ4n) is 2.36. The summed E-state index contributed by atoms with van der Waals surface area (Å²) < 4.78 is 16.3. The Bertz CT molecular complexity index is 307. The smallest absolute Gasteiger partial charge is 0.326 e. The quantitative estimate of drug-likeness (QED) is 0.443. The Morgan fingerprint density at radius 2 is 2.00 bits per heavy atom. The highest BCUT2D eigenvalue weighted by Crippen LogP contribution is 2.26. The number of carbonyl (C=O) groups excluding carboxylic acids is 1. The van der Waals surface area contributed by atoms with Gasteiger partial charge in [0.25, 0.3) is 0 Å². The monoisotopic (exact) mass is 301 g/mol. The Hall–Kier alpha value is -0.650. The Morgan fingerprint density at radius 1 is 1.29 bits per heavy atom. The highest BCUT2D eigenvalue weighted by molar-refractivity contribution is 5.80. The van der Waals surface area contributed by atoms with Gasteiger partial charge in [-0.3, -0.25) is 10.1 Å². The summed E-state index contributed by atoms with van der Waals surface area (Å²) in [7, 11) is 0. The van der Waals surface area contributed by atoms with Crippen molar-refractivity contribution in [2.45, 2.75) is 71.1 Å². The minimum Gasteiger partial charge on any atom is -0.465 e. The lowest BCUT2D eigenvalue weighted by atomic mass is 9.94. The average Bonchev–Trinajstić information content (AvgIpc) is 3.22. The van der Waals surface area contributed by atoms with Gasteiger partial charge in [-0.25, -0.2) is 0 Å². The van der Waals surface area contributed by atoms with Crippen LogP contribution in [0.3, 0.4) is 0 Å². The normalized spacial score (nSPS) is 19.0. The van der Waals surface area contributed by atoms with Crippen LogP contribution in [0.4, 0.5) is 0 Å². The second kappa shape index (κ2) is 9.38. The average molecular weight is 301 g/mol. The number of hydrogen-bond donors (Lipinski definition) is 1. The van der Waals surface area contributed by atoms with Crippen molar-refractivity contribution in [3.05, 3.63) is 0 Å².